The number of rotatable bonds is 4. The summed E-state index contributed by atoms with van der Waals surface area (Å²) in [7, 11) is -0.551. The smallest absolute Gasteiger partial charge is 0.314 e. The van der Waals surface area contributed by atoms with Gasteiger partial charge in [-0.05, 0) is 18.2 Å². The number of sulfonamides is 1. The van der Waals surface area contributed by atoms with Crippen LogP contribution in [-0.2, 0) is 23.6 Å². The molecule has 0 unspecified atom stereocenters. The topological polar surface area (TPSA) is 121 Å². The largest absolute Gasteiger partial charge is 0.316 e. The molecule has 3 rings (SSSR count). The van der Waals surface area contributed by atoms with Crippen LogP contribution in [0.4, 0.5) is 0 Å². The number of aryl methyl sites for hydroxylation is 1. The highest BCUT2D eigenvalue weighted by atomic mass is 32.2. The Bertz CT molecular complexity index is 1130. The van der Waals surface area contributed by atoms with Crippen LogP contribution in [0.25, 0.3) is 11.0 Å². The predicted molar refractivity (Wildman–Crippen MR) is 87.1 cm³/mol. The minimum absolute atomic E-state index is 0.0177. The zero-order valence-electron chi connectivity index (χ0n) is 13.0. The predicted octanol–water partition coefficient (Wildman–Crippen LogP) is -0.229. The minimum atomic E-state index is -3.76. The van der Waals surface area contributed by atoms with Gasteiger partial charge < -0.3 is 9.97 Å². The first-order valence-electron chi connectivity index (χ1n) is 6.97. The van der Waals surface area contributed by atoms with E-state index in [2.05, 4.69) is 15.1 Å². The molecule has 0 aliphatic carbocycles. The first-order chi connectivity index (χ1) is 11.3. The first kappa shape index (κ1) is 16.1. The zero-order valence-corrected chi connectivity index (χ0v) is 13.8. The molecule has 2 heterocycles. The van der Waals surface area contributed by atoms with Gasteiger partial charge in [-0.1, -0.05) is 0 Å². The van der Waals surface area contributed by atoms with Crippen LogP contribution in [0.2, 0.25) is 0 Å². The first-order valence-corrected chi connectivity index (χ1v) is 8.41. The molecule has 0 saturated carbocycles. The second-order valence-corrected chi connectivity index (χ2v) is 7.44. The van der Waals surface area contributed by atoms with Gasteiger partial charge in [0.05, 0.1) is 22.1 Å². The minimum Gasteiger partial charge on any atom is -0.316 e. The fraction of sp³-hybridized carbons (Fsp3) is 0.214. The third kappa shape index (κ3) is 2.88. The molecule has 0 atom stereocenters. The average molecular weight is 349 g/mol. The van der Waals surface area contributed by atoms with E-state index in [4.69, 9.17) is 0 Å². The monoisotopic (exact) mass is 349 g/mol. The fourth-order valence-corrected chi connectivity index (χ4v) is 3.52. The summed E-state index contributed by atoms with van der Waals surface area (Å²) >= 11 is 0. The summed E-state index contributed by atoms with van der Waals surface area (Å²) in [4.78, 5) is 27.5. The van der Waals surface area contributed by atoms with E-state index < -0.39 is 21.1 Å². The number of benzene rings is 1. The number of nitrogens with one attached hydrogen (secondary N) is 2. The van der Waals surface area contributed by atoms with Crippen molar-refractivity contribution in [3.05, 3.63) is 56.9 Å². The normalized spacial score (nSPS) is 12.1. The Morgan fingerprint density at radius 2 is 1.83 bits per heavy atom. The van der Waals surface area contributed by atoms with Crippen LogP contribution in [0.1, 0.15) is 5.56 Å². The number of fused-ring (bicyclic) bond motifs is 1. The zero-order chi connectivity index (χ0) is 17.5. The SMILES string of the molecule is CN(Cc1cnn(C)c1)S(=O)(=O)c1ccc2[nH]c(=O)c(=O)[nH]c2c1. The lowest BCUT2D eigenvalue weighted by Crippen LogP contribution is -2.29. The molecule has 0 saturated heterocycles. The van der Waals surface area contributed by atoms with Gasteiger partial charge in [-0.2, -0.15) is 9.40 Å². The third-order valence-electron chi connectivity index (χ3n) is 3.57. The third-order valence-corrected chi connectivity index (χ3v) is 5.36. The van der Waals surface area contributed by atoms with E-state index in [-0.39, 0.29) is 17.0 Å². The molecule has 1 aromatic carbocycles. The summed E-state index contributed by atoms with van der Waals surface area (Å²) in [6.07, 6.45) is 3.32. The van der Waals surface area contributed by atoms with E-state index >= 15 is 0 Å². The maximum atomic E-state index is 12.7. The van der Waals surface area contributed by atoms with E-state index in [1.165, 1.54) is 29.6 Å². The Hall–Kier alpha value is -2.72. The van der Waals surface area contributed by atoms with Gasteiger partial charge in [-0.3, -0.25) is 14.3 Å². The van der Waals surface area contributed by atoms with Gasteiger partial charge in [0, 0.05) is 32.4 Å². The Morgan fingerprint density at radius 1 is 1.17 bits per heavy atom. The van der Waals surface area contributed by atoms with Crippen molar-refractivity contribution in [1.29, 1.82) is 0 Å². The van der Waals surface area contributed by atoms with Gasteiger partial charge in [0.25, 0.3) is 0 Å². The standard InChI is InChI=1S/C14H15N5O4S/c1-18-7-9(6-15-18)8-19(2)24(22,23)10-3-4-11-12(5-10)17-14(21)13(20)16-11/h3-7H,8H2,1-2H3,(H,16,20)(H,17,21). The molecule has 2 N–H and O–H groups in total. The van der Waals surface area contributed by atoms with Crippen LogP contribution in [0.3, 0.4) is 0 Å². The van der Waals surface area contributed by atoms with Crippen molar-refractivity contribution in [3.63, 3.8) is 0 Å². The van der Waals surface area contributed by atoms with Crippen molar-refractivity contribution in [2.24, 2.45) is 7.05 Å². The van der Waals surface area contributed by atoms with E-state index in [0.717, 1.165) is 5.56 Å². The summed E-state index contributed by atoms with van der Waals surface area (Å²) in [6, 6.07) is 4.14. The highest BCUT2D eigenvalue weighted by Gasteiger charge is 2.22. The van der Waals surface area contributed by atoms with Gasteiger partial charge >= 0.3 is 11.1 Å². The molecule has 0 amide bonds. The summed E-state index contributed by atoms with van der Waals surface area (Å²) < 4.78 is 28.1. The molecule has 0 aliphatic heterocycles. The molecule has 2 aromatic heterocycles. The Kier molecular flexibility index (Phi) is 3.85. The summed E-state index contributed by atoms with van der Waals surface area (Å²) in [5.41, 5.74) is -0.265. The second-order valence-electron chi connectivity index (χ2n) is 5.40. The van der Waals surface area contributed by atoms with Crippen LogP contribution in [-0.4, -0.2) is 39.5 Å². The van der Waals surface area contributed by atoms with Gasteiger partial charge in [0.15, 0.2) is 0 Å². The van der Waals surface area contributed by atoms with Crippen molar-refractivity contribution in [3.8, 4) is 0 Å². The van der Waals surface area contributed by atoms with E-state index in [0.29, 0.717) is 5.52 Å². The van der Waals surface area contributed by atoms with Crippen molar-refractivity contribution < 1.29 is 8.42 Å². The molecule has 126 valence electrons. The van der Waals surface area contributed by atoms with Gasteiger partial charge in [-0.25, -0.2) is 8.42 Å². The maximum absolute atomic E-state index is 12.7. The molecule has 0 aliphatic rings. The molecule has 0 radical (unpaired) electrons. The lowest BCUT2D eigenvalue weighted by molar-refractivity contribution is 0.466. The number of nitrogens with zero attached hydrogens (tertiary/aromatic N) is 3. The van der Waals surface area contributed by atoms with Gasteiger partial charge in [0.2, 0.25) is 10.0 Å². The Labute approximate surface area is 136 Å². The average Bonchev–Trinajstić information content (AvgIpc) is 2.93. The number of hydrogen-bond acceptors (Lipinski definition) is 5. The van der Waals surface area contributed by atoms with Gasteiger partial charge in [0.1, 0.15) is 0 Å². The Balaban J connectivity index is 1.99. The van der Waals surface area contributed by atoms with Crippen LogP contribution in [0, 0.1) is 0 Å². The molecule has 9 nitrogen and oxygen atoms in total. The highest BCUT2D eigenvalue weighted by Crippen LogP contribution is 2.19. The Morgan fingerprint density at radius 3 is 2.46 bits per heavy atom. The number of hydrogen-bond donors (Lipinski definition) is 2. The van der Waals surface area contributed by atoms with Crippen LogP contribution >= 0.6 is 0 Å². The van der Waals surface area contributed by atoms with Crippen molar-refractivity contribution in [2.45, 2.75) is 11.4 Å². The maximum Gasteiger partial charge on any atom is 0.314 e. The van der Waals surface area contributed by atoms with Crippen LogP contribution in [0.15, 0.2) is 45.1 Å². The molecule has 0 spiro atoms. The van der Waals surface area contributed by atoms with Crippen LogP contribution in [0.5, 0.6) is 0 Å². The number of aromatic amines is 2. The quantitative estimate of drug-likeness (QED) is 0.630. The molecule has 24 heavy (non-hydrogen) atoms. The lowest BCUT2D eigenvalue weighted by Gasteiger charge is -2.16. The second kappa shape index (κ2) is 5.73. The number of H-pyrrole nitrogens is 2. The lowest BCUT2D eigenvalue weighted by atomic mass is 10.3. The molecule has 0 fully saturated rings. The summed E-state index contributed by atoms with van der Waals surface area (Å²) in [5, 5.41) is 4.01. The van der Waals surface area contributed by atoms with E-state index in [1.54, 1.807) is 24.1 Å². The van der Waals surface area contributed by atoms with Crippen molar-refractivity contribution in [1.82, 2.24) is 24.1 Å². The molecule has 10 heteroatoms. The molecular formula is C14H15N5O4S. The molecular weight excluding hydrogens is 334 g/mol. The summed E-state index contributed by atoms with van der Waals surface area (Å²) in [5.74, 6) is 0. The van der Waals surface area contributed by atoms with E-state index in [1.807, 2.05) is 0 Å². The van der Waals surface area contributed by atoms with Gasteiger partial charge in [-0.15, -0.1) is 0 Å². The fourth-order valence-electron chi connectivity index (χ4n) is 2.33. The molecule has 3 aromatic rings. The molecule has 0 bridgehead atoms. The van der Waals surface area contributed by atoms with E-state index in [9.17, 15) is 18.0 Å². The summed E-state index contributed by atoms with van der Waals surface area (Å²) in [6.45, 7) is 0.163. The number of aromatic nitrogens is 4. The highest BCUT2D eigenvalue weighted by molar-refractivity contribution is 7.89. The van der Waals surface area contributed by atoms with Crippen molar-refractivity contribution >= 4 is 21.1 Å². The van der Waals surface area contributed by atoms with Crippen LogP contribution < -0.4 is 11.1 Å². The van der Waals surface area contributed by atoms with Crippen molar-refractivity contribution in [2.75, 3.05) is 7.05 Å².